The number of rotatable bonds is 4. The predicted molar refractivity (Wildman–Crippen MR) is 96.1 cm³/mol. The van der Waals surface area contributed by atoms with Crippen LogP contribution in [0.4, 0.5) is 11.4 Å². The van der Waals surface area contributed by atoms with E-state index in [0.29, 0.717) is 11.6 Å². The molecule has 1 amide bonds. The van der Waals surface area contributed by atoms with Crippen LogP contribution < -0.4 is 10.6 Å². The maximum absolute atomic E-state index is 12.2. The summed E-state index contributed by atoms with van der Waals surface area (Å²) in [5.74, 6) is -0.0713. The Bertz CT molecular complexity index is 640. The minimum atomic E-state index is -0.0713. The summed E-state index contributed by atoms with van der Waals surface area (Å²) in [5, 5.41) is 6.53. The molecule has 1 fully saturated rings. The quantitative estimate of drug-likeness (QED) is 0.835. The largest absolute Gasteiger partial charge is 0.382 e. The average Bonchev–Trinajstić information content (AvgIpc) is 2.58. The molecule has 0 saturated heterocycles. The lowest BCUT2D eigenvalue weighted by atomic mass is 9.95. The zero-order chi connectivity index (χ0) is 16.1. The molecule has 3 heteroatoms. The molecule has 2 aromatic rings. The van der Waals surface area contributed by atoms with Gasteiger partial charge in [0.05, 0.1) is 0 Å². The first-order valence-electron chi connectivity index (χ1n) is 8.45. The van der Waals surface area contributed by atoms with E-state index in [2.05, 4.69) is 10.6 Å². The highest BCUT2D eigenvalue weighted by atomic mass is 16.1. The van der Waals surface area contributed by atoms with Crippen molar-refractivity contribution in [2.24, 2.45) is 0 Å². The standard InChI is InChI=1S/C20H24N2O/c1-15-7-9-16(10-8-15)20(23)22-19-13-11-18(12-14-19)21-17-5-3-2-4-6-17/h7-14,17,21H,2-6H2,1H3,(H,22,23). The highest BCUT2D eigenvalue weighted by Crippen LogP contribution is 2.22. The van der Waals surface area contributed by atoms with Gasteiger partial charge in [0.2, 0.25) is 0 Å². The first kappa shape index (κ1) is 15.6. The number of benzene rings is 2. The molecule has 0 spiro atoms. The van der Waals surface area contributed by atoms with Gasteiger partial charge in [-0.3, -0.25) is 4.79 Å². The molecule has 1 aliphatic carbocycles. The molecule has 0 aromatic heterocycles. The highest BCUT2D eigenvalue weighted by Gasteiger charge is 2.12. The Morgan fingerprint density at radius 1 is 0.870 bits per heavy atom. The Balaban J connectivity index is 1.58. The van der Waals surface area contributed by atoms with Crippen LogP contribution in [-0.2, 0) is 0 Å². The molecule has 0 aliphatic heterocycles. The molecule has 0 atom stereocenters. The number of carbonyl (C=O) groups is 1. The normalized spacial score (nSPS) is 15.2. The van der Waals surface area contributed by atoms with E-state index in [1.165, 1.54) is 32.1 Å². The molecule has 2 aromatic carbocycles. The van der Waals surface area contributed by atoms with Crippen molar-refractivity contribution >= 4 is 17.3 Å². The topological polar surface area (TPSA) is 41.1 Å². The van der Waals surface area contributed by atoms with E-state index in [1.807, 2.05) is 55.5 Å². The highest BCUT2D eigenvalue weighted by molar-refractivity contribution is 6.04. The van der Waals surface area contributed by atoms with Crippen LogP contribution in [-0.4, -0.2) is 11.9 Å². The fourth-order valence-electron chi connectivity index (χ4n) is 3.04. The Morgan fingerprint density at radius 2 is 1.48 bits per heavy atom. The molecule has 0 heterocycles. The van der Waals surface area contributed by atoms with Gasteiger partial charge >= 0.3 is 0 Å². The molecule has 120 valence electrons. The lowest BCUT2D eigenvalue weighted by Gasteiger charge is -2.23. The van der Waals surface area contributed by atoms with Crippen LogP contribution in [0.3, 0.4) is 0 Å². The Morgan fingerprint density at radius 3 is 2.13 bits per heavy atom. The maximum Gasteiger partial charge on any atom is 0.255 e. The number of carbonyl (C=O) groups excluding carboxylic acids is 1. The Labute approximate surface area is 138 Å². The molecule has 0 bridgehead atoms. The van der Waals surface area contributed by atoms with Crippen LogP contribution in [0.5, 0.6) is 0 Å². The molecule has 3 nitrogen and oxygen atoms in total. The summed E-state index contributed by atoms with van der Waals surface area (Å²) < 4.78 is 0. The van der Waals surface area contributed by atoms with Crippen molar-refractivity contribution in [2.45, 2.75) is 45.1 Å². The first-order valence-corrected chi connectivity index (χ1v) is 8.45. The SMILES string of the molecule is Cc1ccc(C(=O)Nc2ccc(NC3CCCCC3)cc2)cc1. The van der Waals surface area contributed by atoms with E-state index in [0.717, 1.165) is 16.9 Å². The molecule has 2 N–H and O–H groups in total. The third kappa shape index (κ3) is 4.35. The summed E-state index contributed by atoms with van der Waals surface area (Å²) in [4.78, 5) is 12.2. The van der Waals surface area contributed by atoms with Gasteiger partial charge in [0.15, 0.2) is 0 Å². The van der Waals surface area contributed by atoms with Crippen molar-refractivity contribution in [1.82, 2.24) is 0 Å². The van der Waals surface area contributed by atoms with Gasteiger partial charge in [-0.15, -0.1) is 0 Å². The maximum atomic E-state index is 12.2. The second kappa shape index (κ2) is 7.32. The van der Waals surface area contributed by atoms with Gasteiger partial charge in [-0.1, -0.05) is 37.0 Å². The summed E-state index contributed by atoms with van der Waals surface area (Å²) in [5.41, 5.74) is 3.79. The van der Waals surface area contributed by atoms with Gasteiger partial charge in [-0.05, 0) is 56.2 Å². The molecule has 1 aliphatic rings. The van der Waals surface area contributed by atoms with E-state index < -0.39 is 0 Å². The van der Waals surface area contributed by atoms with E-state index in [4.69, 9.17) is 0 Å². The second-order valence-electron chi connectivity index (χ2n) is 6.38. The summed E-state index contributed by atoms with van der Waals surface area (Å²) in [6, 6.07) is 16.2. The summed E-state index contributed by atoms with van der Waals surface area (Å²) in [7, 11) is 0. The van der Waals surface area contributed by atoms with Gasteiger partial charge in [0.1, 0.15) is 0 Å². The number of amides is 1. The van der Waals surface area contributed by atoms with Gasteiger partial charge in [0.25, 0.3) is 5.91 Å². The van der Waals surface area contributed by atoms with Gasteiger partial charge in [0, 0.05) is 23.0 Å². The number of hydrogen-bond acceptors (Lipinski definition) is 2. The van der Waals surface area contributed by atoms with Gasteiger partial charge in [-0.2, -0.15) is 0 Å². The van der Waals surface area contributed by atoms with Crippen LogP contribution in [0, 0.1) is 6.92 Å². The fourth-order valence-corrected chi connectivity index (χ4v) is 3.04. The second-order valence-corrected chi connectivity index (χ2v) is 6.38. The third-order valence-corrected chi connectivity index (χ3v) is 4.43. The Hall–Kier alpha value is -2.29. The zero-order valence-corrected chi connectivity index (χ0v) is 13.6. The van der Waals surface area contributed by atoms with Crippen molar-refractivity contribution in [2.75, 3.05) is 10.6 Å². The van der Waals surface area contributed by atoms with Crippen LogP contribution in [0.1, 0.15) is 48.0 Å². The van der Waals surface area contributed by atoms with E-state index in [9.17, 15) is 4.79 Å². The molecule has 0 unspecified atom stereocenters. The van der Waals surface area contributed by atoms with Crippen molar-refractivity contribution in [3.63, 3.8) is 0 Å². The van der Waals surface area contributed by atoms with Crippen LogP contribution in [0.15, 0.2) is 48.5 Å². The van der Waals surface area contributed by atoms with E-state index >= 15 is 0 Å². The zero-order valence-electron chi connectivity index (χ0n) is 13.6. The molecular weight excluding hydrogens is 284 g/mol. The van der Waals surface area contributed by atoms with Crippen LogP contribution in [0.2, 0.25) is 0 Å². The number of anilines is 2. The molecule has 1 saturated carbocycles. The number of hydrogen-bond donors (Lipinski definition) is 2. The van der Waals surface area contributed by atoms with Crippen molar-refractivity contribution < 1.29 is 4.79 Å². The predicted octanol–water partition coefficient (Wildman–Crippen LogP) is 4.99. The fraction of sp³-hybridized carbons (Fsp3) is 0.350. The van der Waals surface area contributed by atoms with Crippen molar-refractivity contribution in [3.8, 4) is 0 Å². The lowest BCUT2D eigenvalue weighted by Crippen LogP contribution is -2.22. The van der Waals surface area contributed by atoms with Gasteiger partial charge in [-0.25, -0.2) is 0 Å². The molecular formula is C20H24N2O. The summed E-state index contributed by atoms with van der Waals surface area (Å²) in [6.07, 6.45) is 6.52. The van der Waals surface area contributed by atoms with E-state index in [-0.39, 0.29) is 5.91 Å². The summed E-state index contributed by atoms with van der Waals surface area (Å²) >= 11 is 0. The third-order valence-electron chi connectivity index (χ3n) is 4.43. The van der Waals surface area contributed by atoms with Gasteiger partial charge < -0.3 is 10.6 Å². The number of nitrogens with one attached hydrogen (secondary N) is 2. The summed E-state index contributed by atoms with van der Waals surface area (Å²) in [6.45, 7) is 2.01. The minimum absolute atomic E-state index is 0.0713. The smallest absolute Gasteiger partial charge is 0.255 e. The average molecular weight is 308 g/mol. The molecule has 23 heavy (non-hydrogen) atoms. The number of aryl methyl sites for hydroxylation is 1. The van der Waals surface area contributed by atoms with Crippen molar-refractivity contribution in [1.29, 1.82) is 0 Å². The lowest BCUT2D eigenvalue weighted by molar-refractivity contribution is 0.102. The van der Waals surface area contributed by atoms with Crippen molar-refractivity contribution in [3.05, 3.63) is 59.7 Å². The van der Waals surface area contributed by atoms with E-state index in [1.54, 1.807) is 0 Å². The molecule has 0 radical (unpaired) electrons. The first-order chi connectivity index (χ1) is 11.2. The monoisotopic (exact) mass is 308 g/mol. The van der Waals surface area contributed by atoms with Crippen LogP contribution in [0.25, 0.3) is 0 Å². The Kier molecular flexibility index (Phi) is 4.96. The molecule has 3 rings (SSSR count). The van der Waals surface area contributed by atoms with Crippen LogP contribution >= 0.6 is 0 Å². The minimum Gasteiger partial charge on any atom is -0.382 e.